The normalized spacial score (nSPS) is 11.6. The predicted molar refractivity (Wildman–Crippen MR) is 111 cm³/mol. The molecule has 1 heterocycles. The molecule has 3 N–H and O–H groups in total. The van der Waals surface area contributed by atoms with Crippen molar-refractivity contribution in [2.75, 3.05) is 0 Å². The molecule has 0 saturated carbocycles. The van der Waals surface area contributed by atoms with Gasteiger partial charge in [0, 0.05) is 17.5 Å². The van der Waals surface area contributed by atoms with E-state index in [9.17, 15) is 24.3 Å². The molecular weight excluding hydrogens is 410 g/mol. The molecule has 3 aromatic rings. The summed E-state index contributed by atoms with van der Waals surface area (Å²) in [5.41, 5.74) is 0.128. The first kappa shape index (κ1) is 21.1. The van der Waals surface area contributed by atoms with E-state index < -0.39 is 35.7 Å². The molecule has 1 unspecified atom stereocenters. The van der Waals surface area contributed by atoms with E-state index in [1.807, 2.05) is 0 Å². The second-order valence-electron chi connectivity index (χ2n) is 6.57. The number of carboxylic acid groups (broad SMARTS) is 1. The fourth-order valence-corrected chi connectivity index (χ4v) is 3.01. The van der Waals surface area contributed by atoms with Crippen LogP contribution < -0.4 is 16.6 Å². The number of aliphatic carboxylic acids is 1. The number of H-pyrrole nitrogens is 1. The van der Waals surface area contributed by atoms with Gasteiger partial charge in [-0.1, -0.05) is 54.1 Å². The van der Waals surface area contributed by atoms with Gasteiger partial charge in [-0.3, -0.25) is 14.2 Å². The molecule has 0 radical (unpaired) electrons. The van der Waals surface area contributed by atoms with Crippen molar-refractivity contribution in [1.29, 1.82) is 0 Å². The van der Waals surface area contributed by atoms with E-state index in [1.165, 1.54) is 6.07 Å². The van der Waals surface area contributed by atoms with E-state index >= 15 is 0 Å². The van der Waals surface area contributed by atoms with Crippen LogP contribution in [0.15, 0.2) is 70.3 Å². The van der Waals surface area contributed by atoms with Crippen molar-refractivity contribution in [3.8, 4) is 11.3 Å². The molecule has 0 bridgehead atoms. The predicted octanol–water partition coefficient (Wildman–Crippen LogP) is 1.67. The van der Waals surface area contributed by atoms with E-state index in [0.717, 1.165) is 5.56 Å². The molecule has 1 amide bonds. The number of hydrogen-bond donors (Lipinski definition) is 3. The third kappa shape index (κ3) is 5.24. The van der Waals surface area contributed by atoms with Gasteiger partial charge < -0.3 is 15.4 Å². The van der Waals surface area contributed by atoms with Crippen LogP contribution in [0, 0.1) is 0 Å². The lowest BCUT2D eigenvalue weighted by Gasteiger charge is -2.15. The maximum absolute atomic E-state index is 12.4. The van der Waals surface area contributed by atoms with Gasteiger partial charge in [-0.15, -0.1) is 0 Å². The van der Waals surface area contributed by atoms with Gasteiger partial charge in [0.1, 0.15) is 12.6 Å². The van der Waals surface area contributed by atoms with E-state index in [2.05, 4.69) is 10.3 Å². The molecule has 0 saturated heterocycles. The molecule has 0 aliphatic carbocycles. The van der Waals surface area contributed by atoms with Gasteiger partial charge in [0.2, 0.25) is 5.91 Å². The molecule has 0 fully saturated rings. The maximum Gasteiger partial charge on any atom is 0.329 e. The zero-order valence-corrected chi connectivity index (χ0v) is 16.4. The Kier molecular flexibility index (Phi) is 6.48. The van der Waals surface area contributed by atoms with Crippen LogP contribution in [0.2, 0.25) is 5.02 Å². The minimum absolute atomic E-state index is 0.0721. The van der Waals surface area contributed by atoms with Crippen molar-refractivity contribution >= 4 is 23.5 Å². The smallest absolute Gasteiger partial charge is 0.329 e. The lowest BCUT2D eigenvalue weighted by atomic mass is 10.1. The Morgan fingerprint density at radius 1 is 1.07 bits per heavy atom. The van der Waals surface area contributed by atoms with Crippen molar-refractivity contribution < 1.29 is 14.7 Å². The first-order valence-electron chi connectivity index (χ1n) is 8.99. The summed E-state index contributed by atoms with van der Waals surface area (Å²) in [7, 11) is 0. The molecular formula is C21H18ClN3O5. The topological polar surface area (TPSA) is 121 Å². The second-order valence-corrected chi connectivity index (χ2v) is 7.00. The number of hydrogen-bond acceptors (Lipinski definition) is 4. The number of carbonyl (C=O) groups excluding carboxylic acids is 1. The van der Waals surface area contributed by atoms with Gasteiger partial charge in [-0.05, 0) is 23.3 Å². The van der Waals surface area contributed by atoms with Crippen LogP contribution in [0.5, 0.6) is 0 Å². The minimum Gasteiger partial charge on any atom is -0.480 e. The SMILES string of the molecule is O=C(Cn1c(=O)cc(-c2ccc(Cl)cc2)[nH]c1=O)NC(Cc1ccccc1)C(=O)O. The molecule has 2 aromatic carbocycles. The largest absolute Gasteiger partial charge is 0.480 e. The Bertz CT molecular complexity index is 1140. The second kappa shape index (κ2) is 9.23. The fraction of sp³-hybridized carbons (Fsp3) is 0.143. The first-order chi connectivity index (χ1) is 14.3. The highest BCUT2D eigenvalue weighted by Crippen LogP contribution is 2.17. The van der Waals surface area contributed by atoms with Crippen LogP contribution in [0.1, 0.15) is 5.56 Å². The van der Waals surface area contributed by atoms with Crippen molar-refractivity contribution in [1.82, 2.24) is 14.9 Å². The van der Waals surface area contributed by atoms with E-state index in [0.29, 0.717) is 15.2 Å². The number of nitrogens with one attached hydrogen (secondary N) is 2. The molecule has 3 rings (SSSR count). The number of carboxylic acids is 1. The van der Waals surface area contributed by atoms with Crippen molar-refractivity contribution in [3.05, 3.63) is 92.1 Å². The highest BCUT2D eigenvalue weighted by molar-refractivity contribution is 6.30. The number of carbonyl (C=O) groups is 2. The van der Waals surface area contributed by atoms with Crippen LogP contribution in [-0.2, 0) is 22.6 Å². The average Bonchev–Trinajstić information content (AvgIpc) is 2.71. The van der Waals surface area contributed by atoms with Gasteiger partial charge in [0.05, 0.1) is 5.69 Å². The van der Waals surface area contributed by atoms with Crippen LogP contribution in [0.3, 0.4) is 0 Å². The maximum atomic E-state index is 12.4. The minimum atomic E-state index is -1.22. The summed E-state index contributed by atoms with van der Waals surface area (Å²) in [6.45, 7) is -0.604. The fourth-order valence-electron chi connectivity index (χ4n) is 2.89. The Labute approximate surface area is 175 Å². The molecule has 0 aliphatic rings. The number of amides is 1. The highest BCUT2D eigenvalue weighted by atomic mass is 35.5. The zero-order chi connectivity index (χ0) is 21.7. The summed E-state index contributed by atoms with van der Waals surface area (Å²) in [6, 6.07) is 15.3. The monoisotopic (exact) mass is 427 g/mol. The van der Waals surface area contributed by atoms with Crippen LogP contribution >= 0.6 is 11.6 Å². The lowest BCUT2D eigenvalue weighted by molar-refractivity contribution is -0.141. The van der Waals surface area contributed by atoms with Gasteiger partial charge >= 0.3 is 11.7 Å². The van der Waals surface area contributed by atoms with E-state index in [4.69, 9.17) is 11.6 Å². The summed E-state index contributed by atoms with van der Waals surface area (Å²) >= 11 is 5.83. The number of benzene rings is 2. The molecule has 30 heavy (non-hydrogen) atoms. The molecule has 0 aliphatic heterocycles. The zero-order valence-electron chi connectivity index (χ0n) is 15.7. The van der Waals surface area contributed by atoms with Gasteiger partial charge in [0.25, 0.3) is 5.56 Å². The number of rotatable bonds is 7. The van der Waals surface area contributed by atoms with Crippen LogP contribution in [-0.4, -0.2) is 32.6 Å². The van der Waals surface area contributed by atoms with Gasteiger partial charge in [-0.2, -0.15) is 0 Å². The summed E-state index contributed by atoms with van der Waals surface area (Å²) in [5, 5.41) is 12.2. The van der Waals surface area contributed by atoms with Crippen molar-refractivity contribution in [2.24, 2.45) is 0 Å². The number of aromatic nitrogens is 2. The molecule has 154 valence electrons. The quantitative estimate of drug-likeness (QED) is 0.529. The van der Waals surface area contributed by atoms with E-state index in [-0.39, 0.29) is 12.1 Å². The molecule has 1 atom stereocenters. The molecule has 8 nitrogen and oxygen atoms in total. The number of aromatic amines is 1. The van der Waals surface area contributed by atoms with Gasteiger partial charge in [0.15, 0.2) is 0 Å². The Morgan fingerprint density at radius 2 is 1.73 bits per heavy atom. The Hall–Kier alpha value is -3.65. The molecule has 1 aromatic heterocycles. The third-order valence-electron chi connectivity index (χ3n) is 4.39. The lowest BCUT2D eigenvalue weighted by Crippen LogP contribution is -2.46. The van der Waals surface area contributed by atoms with Gasteiger partial charge in [-0.25, -0.2) is 9.59 Å². The average molecular weight is 428 g/mol. The standard InChI is InChI=1S/C21H18ClN3O5/c22-15-8-6-14(7-9-15)16-11-19(27)25(21(30)24-16)12-18(26)23-17(20(28)29)10-13-4-2-1-3-5-13/h1-9,11,17H,10,12H2,(H,23,26)(H,24,30)(H,28,29). The third-order valence-corrected chi connectivity index (χ3v) is 4.65. The Morgan fingerprint density at radius 3 is 2.33 bits per heavy atom. The Balaban J connectivity index is 1.75. The first-order valence-corrected chi connectivity index (χ1v) is 9.37. The summed E-state index contributed by atoms with van der Waals surface area (Å²) in [5.74, 6) is -1.98. The summed E-state index contributed by atoms with van der Waals surface area (Å²) in [4.78, 5) is 51.0. The van der Waals surface area contributed by atoms with Crippen LogP contribution in [0.25, 0.3) is 11.3 Å². The van der Waals surface area contributed by atoms with Crippen molar-refractivity contribution in [3.63, 3.8) is 0 Å². The van der Waals surface area contributed by atoms with Crippen LogP contribution in [0.4, 0.5) is 0 Å². The van der Waals surface area contributed by atoms with Crippen molar-refractivity contribution in [2.45, 2.75) is 19.0 Å². The number of halogens is 1. The summed E-state index contributed by atoms with van der Waals surface area (Å²) < 4.78 is 0.705. The number of nitrogens with zero attached hydrogens (tertiary/aromatic N) is 1. The molecule has 9 heteroatoms. The summed E-state index contributed by atoms with van der Waals surface area (Å²) in [6.07, 6.45) is 0.0721. The highest BCUT2D eigenvalue weighted by Gasteiger charge is 2.21. The molecule has 0 spiro atoms. The van der Waals surface area contributed by atoms with E-state index in [1.54, 1.807) is 54.6 Å².